The number of benzene rings is 1. The van der Waals surface area contributed by atoms with E-state index in [9.17, 15) is 14.4 Å². The molecule has 0 saturated carbocycles. The molecule has 2 atom stereocenters. The predicted octanol–water partition coefficient (Wildman–Crippen LogP) is 4.08. The van der Waals surface area contributed by atoms with Gasteiger partial charge < -0.3 is 14.8 Å². The van der Waals surface area contributed by atoms with E-state index in [1.54, 1.807) is 13.0 Å². The highest BCUT2D eigenvalue weighted by Crippen LogP contribution is 2.40. The Hall–Kier alpha value is -2.67. The predicted molar refractivity (Wildman–Crippen MR) is 114 cm³/mol. The molecule has 1 aromatic carbocycles. The molecular weight excluding hydrogens is 402 g/mol. The zero-order valence-corrected chi connectivity index (χ0v) is 18.2. The van der Waals surface area contributed by atoms with E-state index in [-0.39, 0.29) is 6.61 Å². The van der Waals surface area contributed by atoms with Crippen LogP contribution in [0.3, 0.4) is 0 Å². The first kappa shape index (κ1) is 20.6. The summed E-state index contributed by atoms with van der Waals surface area (Å²) in [6.07, 6.45) is 2.06. The van der Waals surface area contributed by atoms with Gasteiger partial charge in [0.1, 0.15) is 5.00 Å². The van der Waals surface area contributed by atoms with Crippen LogP contribution >= 0.6 is 11.3 Å². The molecule has 1 aromatic heterocycles. The van der Waals surface area contributed by atoms with Gasteiger partial charge in [0, 0.05) is 11.3 Å². The lowest BCUT2D eigenvalue weighted by Gasteiger charge is -2.24. The second-order valence-corrected chi connectivity index (χ2v) is 9.13. The number of carbonyl (C=O) groups is 3. The lowest BCUT2D eigenvalue weighted by molar-refractivity contribution is -0.125. The van der Waals surface area contributed by atoms with Gasteiger partial charge in [-0.1, -0.05) is 24.6 Å². The smallest absolute Gasteiger partial charge is 0.341 e. The largest absolute Gasteiger partial charge is 0.462 e. The van der Waals surface area contributed by atoms with Crippen molar-refractivity contribution in [3.05, 3.63) is 50.9 Å². The fourth-order valence-electron chi connectivity index (χ4n) is 4.09. The number of fused-ring (bicyclic) bond motifs is 2. The first-order valence-electron chi connectivity index (χ1n) is 10.3. The van der Waals surface area contributed by atoms with Crippen LogP contribution in [-0.4, -0.2) is 30.6 Å². The van der Waals surface area contributed by atoms with Gasteiger partial charge in [-0.25, -0.2) is 9.59 Å². The third kappa shape index (κ3) is 3.86. The Morgan fingerprint density at radius 3 is 2.87 bits per heavy atom. The summed E-state index contributed by atoms with van der Waals surface area (Å²) in [5, 5.41) is 3.35. The van der Waals surface area contributed by atoms with Gasteiger partial charge in [-0.15, -0.1) is 11.3 Å². The number of carbonyl (C=O) groups excluding carboxylic acids is 3. The Kier molecular flexibility index (Phi) is 5.64. The number of cyclic esters (lactones) is 1. The Morgan fingerprint density at radius 2 is 2.10 bits per heavy atom. The summed E-state index contributed by atoms with van der Waals surface area (Å²) >= 11 is 1.43. The zero-order valence-electron chi connectivity index (χ0n) is 17.4. The van der Waals surface area contributed by atoms with E-state index in [4.69, 9.17) is 9.47 Å². The third-order valence-corrected chi connectivity index (χ3v) is 6.83. The van der Waals surface area contributed by atoms with E-state index in [1.807, 2.05) is 19.1 Å². The molecule has 1 aliphatic heterocycles. The van der Waals surface area contributed by atoms with Gasteiger partial charge in [0.15, 0.2) is 6.10 Å². The van der Waals surface area contributed by atoms with E-state index in [0.29, 0.717) is 28.5 Å². The highest BCUT2D eigenvalue weighted by molar-refractivity contribution is 7.17. The Labute approximate surface area is 179 Å². The number of rotatable bonds is 4. The highest BCUT2D eigenvalue weighted by Gasteiger charge is 2.34. The number of amides is 1. The van der Waals surface area contributed by atoms with Crippen molar-refractivity contribution in [1.29, 1.82) is 0 Å². The lowest BCUT2D eigenvalue weighted by Crippen LogP contribution is -2.38. The number of nitrogens with one attached hydrogen (secondary N) is 1. The normalized spacial score (nSPS) is 20.0. The molecular formula is C23H25NO5S. The average molecular weight is 428 g/mol. The number of anilines is 1. The Morgan fingerprint density at radius 1 is 1.30 bits per heavy atom. The second-order valence-electron chi connectivity index (χ2n) is 8.02. The Balaban J connectivity index is 1.59. The molecule has 0 radical (unpaired) electrons. The number of aryl methyl sites for hydroxylation is 1. The molecule has 158 valence electrons. The quantitative estimate of drug-likeness (QED) is 0.744. The van der Waals surface area contributed by atoms with Crippen LogP contribution in [0.1, 0.15) is 62.6 Å². The van der Waals surface area contributed by atoms with Crippen molar-refractivity contribution >= 4 is 34.2 Å². The Bertz CT molecular complexity index is 1020. The van der Waals surface area contributed by atoms with Crippen LogP contribution in [0.2, 0.25) is 0 Å². The van der Waals surface area contributed by atoms with Gasteiger partial charge >= 0.3 is 11.9 Å². The topological polar surface area (TPSA) is 81.7 Å². The minimum atomic E-state index is -0.930. The molecule has 7 heteroatoms. The van der Waals surface area contributed by atoms with E-state index < -0.39 is 23.9 Å². The van der Waals surface area contributed by atoms with Crippen LogP contribution in [0, 0.1) is 12.8 Å². The number of hydrogen-bond acceptors (Lipinski definition) is 6. The fourth-order valence-corrected chi connectivity index (χ4v) is 5.49. The third-order valence-electron chi connectivity index (χ3n) is 5.66. The summed E-state index contributed by atoms with van der Waals surface area (Å²) < 4.78 is 10.7. The van der Waals surface area contributed by atoms with Gasteiger partial charge in [-0.3, -0.25) is 4.79 Å². The van der Waals surface area contributed by atoms with Crippen molar-refractivity contribution in [3.63, 3.8) is 0 Å². The molecule has 0 bridgehead atoms. The van der Waals surface area contributed by atoms with E-state index in [0.717, 1.165) is 40.8 Å². The van der Waals surface area contributed by atoms with Crippen molar-refractivity contribution < 1.29 is 23.9 Å². The van der Waals surface area contributed by atoms with Crippen LogP contribution in [0.5, 0.6) is 0 Å². The summed E-state index contributed by atoms with van der Waals surface area (Å²) in [6, 6.07) is 5.56. The molecule has 1 N–H and O–H groups in total. The van der Waals surface area contributed by atoms with Crippen LogP contribution in [0.15, 0.2) is 18.2 Å². The maximum absolute atomic E-state index is 13.0. The number of esters is 2. The van der Waals surface area contributed by atoms with Crippen molar-refractivity contribution in [2.45, 2.75) is 52.6 Å². The van der Waals surface area contributed by atoms with Crippen molar-refractivity contribution in [2.75, 3.05) is 11.9 Å². The van der Waals surface area contributed by atoms with Crippen molar-refractivity contribution in [1.82, 2.24) is 0 Å². The number of thiophene rings is 1. The second kappa shape index (κ2) is 8.22. The van der Waals surface area contributed by atoms with E-state index in [2.05, 4.69) is 12.2 Å². The summed E-state index contributed by atoms with van der Waals surface area (Å²) in [4.78, 5) is 39.1. The van der Waals surface area contributed by atoms with Gasteiger partial charge in [-0.05, 0) is 56.2 Å². The summed E-state index contributed by atoms with van der Waals surface area (Å²) in [7, 11) is 0. The molecule has 2 aromatic rings. The molecule has 30 heavy (non-hydrogen) atoms. The monoisotopic (exact) mass is 427 g/mol. The summed E-state index contributed by atoms with van der Waals surface area (Å²) in [5.74, 6) is -0.799. The average Bonchev–Trinajstić information content (AvgIpc) is 3.05. The van der Waals surface area contributed by atoms with Gasteiger partial charge in [0.05, 0.1) is 17.7 Å². The minimum absolute atomic E-state index is 0.268. The van der Waals surface area contributed by atoms with E-state index >= 15 is 0 Å². The molecule has 6 nitrogen and oxygen atoms in total. The van der Waals surface area contributed by atoms with Crippen LogP contribution in [-0.2, 0) is 33.5 Å². The lowest BCUT2D eigenvalue weighted by atomic mass is 9.88. The number of ether oxygens (including phenoxy) is 2. The maximum Gasteiger partial charge on any atom is 0.341 e. The maximum atomic E-state index is 13.0. The molecule has 2 aliphatic rings. The van der Waals surface area contributed by atoms with Gasteiger partial charge in [-0.2, -0.15) is 0 Å². The number of hydrogen-bond donors (Lipinski definition) is 1. The molecule has 1 amide bonds. The van der Waals surface area contributed by atoms with Gasteiger partial charge in [0.25, 0.3) is 5.91 Å². The molecule has 0 fully saturated rings. The first-order chi connectivity index (χ1) is 14.4. The molecule has 2 unspecified atom stereocenters. The van der Waals surface area contributed by atoms with Crippen LogP contribution in [0.4, 0.5) is 5.00 Å². The van der Waals surface area contributed by atoms with Crippen LogP contribution < -0.4 is 5.32 Å². The fraction of sp³-hybridized carbons (Fsp3) is 0.435. The minimum Gasteiger partial charge on any atom is -0.462 e. The first-order valence-corrected chi connectivity index (χ1v) is 11.1. The SMILES string of the molecule is CCOC(=O)c1c(NC(=O)C2Cc3ccc(C)cc3C(=O)O2)sc2c1CCC(C)C2. The molecule has 0 saturated heterocycles. The molecule has 0 spiro atoms. The highest BCUT2D eigenvalue weighted by atomic mass is 32.1. The molecule has 1 aliphatic carbocycles. The molecule has 4 rings (SSSR count). The van der Waals surface area contributed by atoms with Crippen LogP contribution in [0.25, 0.3) is 0 Å². The van der Waals surface area contributed by atoms with Gasteiger partial charge in [0.2, 0.25) is 0 Å². The summed E-state index contributed by atoms with van der Waals surface area (Å²) in [6.45, 7) is 6.12. The standard InChI is InChI=1S/C23H25NO5S/c1-4-28-23(27)19-15-8-6-13(3)10-18(15)30-21(19)24-20(25)17-11-14-7-5-12(2)9-16(14)22(26)29-17/h5,7,9,13,17H,4,6,8,10-11H2,1-3H3,(H,24,25). The summed E-state index contributed by atoms with van der Waals surface area (Å²) in [5.41, 5.74) is 3.70. The molecule has 2 heterocycles. The van der Waals surface area contributed by atoms with Crippen molar-refractivity contribution in [3.8, 4) is 0 Å². The van der Waals surface area contributed by atoms with E-state index in [1.165, 1.54) is 11.3 Å². The van der Waals surface area contributed by atoms with Crippen molar-refractivity contribution in [2.24, 2.45) is 5.92 Å². The zero-order chi connectivity index (χ0) is 21.4.